The number of nitrogens with zero attached hydrogens (tertiary/aromatic N) is 1. The summed E-state index contributed by atoms with van der Waals surface area (Å²) in [7, 11) is 0. The van der Waals surface area contributed by atoms with Gasteiger partial charge in [0.2, 0.25) is 0 Å². The number of nitrogens with one attached hydrogen (secondary N) is 1. The largest absolute Gasteiger partial charge is 0.250 e. The molecule has 0 atom stereocenters. The summed E-state index contributed by atoms with van der Waals surface area (Å²) in [6.45, 7) is 3.32. The first-order valence-electron chi connectivity index (χ1n) is 5.18. The van der Waals surface area contributed by atoms with Crippen molar-refractivity contribution in [1.82, 2.24) is 10.4 Å². The van der Waals surface area contributed by atoms with Crippen molar-refractivity contribution in [2.75, 3.05) is 13.1 Å². The highest BCUT2D eigenvalue weighted by Gasteiger charge is 2.10. The van der Waals surface area contributed by atoms with Crippen molar-refractivity contribution >= 4 is 43.2 Å². The third-order valence-electron chi connectivity index (χ3n) is 2.53. The number of piperidine rings is 1. The van der Waals surface area contributed by atoms with E-state index in [0.717, 1.165) is 11.0 Å². The minimum absolute atomic E-state index is 0.939. The Balaban J connectivity index is 1.81. The minimum atomic E-state index is 0.939. The molecule has 1 fully saturated rings. The maximum atomic E-state index is 3.51. The zero-order valence-electron chi connectivity index (χ0n) is 8.43. The monoisotopic (exact) mass is 352 g/mol. The van der Waals surface area contributed by atoms with Gasteiger partial charge in [-0.25, -0.2) is 10.4 Å². The van der Waals surface area contributed by atoms with Gasteiger partial charge in [0.25, 0.3) is 0 Å². The molecule has 0 amide bonds. The fourth-order valence-corrected chi connectivity index (χ4v) is 3.83. The molecule has 0 aromatic carbocycles. The molecule has 15 heavy (non-hydrogen) atoms. The van der Waals surface area contributed by atoms with Gasteiger partial charge >= 0.3 is 0 Å². The molecule has 1 saturated heterocycles. The lowest BCUT2D eigenvalue weighted by molar-refractivity contribution is 0.152. The molecule has 0 aliphatic carbocycles. The number of halogens is 2. The molecular weight excluding hydrogens is 340 g/mol. The summed E-state index contributed by atoms with van der Waals surface area (Å²) in [5.41, 5.74) is 3.48. The quantitative estimate of drug-likeness (QED) is 0.889. The molecule has 2 heterocycles. The third kappa shape index (κ3) is 3.53. The molecule has 2 rings (SSSR count). The van der Waals surface area contributed by atoms with Gasteiger partial charge in [0.05, 0.1) is 3.79 Å². The van der Waals surface area contributed by atoms with E-state index < -0.39 is 0 Å². The molecule has 1 aromatic heterocycles. The van der Waals surface area contributed by atoms with E-state index in [1.54, 1.807) is 11.3 Å². The first kappa shape index (κ1) is 12.0. The van der Waals surface area contributed by atoms with E-state index in [2.05, 4.69) is 48.4 Å². The van der Waals surface area contributed by atoms with Crippen molar-refractivity contribution in [3.63, 3.8) is 0 Å². The normalized spacial score (nSPS) is 18.3. The van der Waals surface area contributed by atoms with Crippen LogP contribution in [-0.4, -0.2) is 18.1 Å². The summed E-state index contributed by atoms with van der Waals surface area (Å²) in [6, 6.07) is 2.17. The lowest BCUT2D eigenvalue weighted by Crippen LogP contribution is -2.40. The number of hydrogen-bond donors (Lipinski definition) is 1. The van der Waals surface area contributed by atoms with E-state index in [-0.39, 0.29) is 0 Å². The second-order valence-corrected chi connectivity index (χ2v) is 7.03. The molecule has 84 valence electrons. The van der Waals surface area contributed by atoms with Crippen molar-refractivity contribution in [2.24, 2.45) is 0 Å². The average Bonchev–Trinajstić information content (AvgIpc) is 2.57. The summed E-state index contributed by atoms with van der Waals surface area (Å²) in [4.78, 5) is 1.36. The fourth-order valence-electron chi connectivity index (χ4n) is 1.72. The fraction of sp³-hybridized carbons (Fsp3) is 0.600. The number of hydrazine groups is 1. The van der Waals surface area contributed by atoms with Crippen LogP contribution in [0.15, 0.2) is 14.3 Å². The van der Waals surface area contributed by atoms with Crippen LogP contribution in [-0.2, 0) is 6.54 Å². The molecule has 0 saturated carbocycles. The highest BCUT2D eigenvalue weighted by Crippen LogP contribution is 2.32. The Morgan fingerprint density at radius 3 is 2.60 bits per heavy atom. The molecule has 0 radical (unpaired) electrons. The third-order valence-corrected chi connectivity index (χ3v) is 5.79. The van der Waals surface area contributed by atoms with Crippen LogP contribution in [0.1, 0.15) is 24.1 Å². The van der Waals surface area contributed by atoms with E-state index in [1.165, 1.54) is 41.0 Å². The van der Waals surface area contributed by atoms with Crippen LogP contribution >= 0.6 is 43.2 Å². The first-order valence-corrected chi connectivity index (χ1v) is 7.58. The lowest BCUT2D eigenvalue weighted by atomic mass is 10.2. The van der Waals surface area contributed by atoms with Gasteiger partial charge < -0.3 is 0 Å². The molecule has 1 N–H and O–H groups in total. The zero-order chi connectivity index (χ0) is 10.7. The highest BCUT2D eigenvalue weighted by molar-refractivity contribution is 9.13. The van der Waals surface area contributed by atoms with Gasteiger partial charge in [-0.2, -0.15) is 0 Å². The lowest BCUT2D eigenvalue weighted by Gasteiger charge is -2.26. The van der Waals surface area contributed by atoms with Gasteiger partial charge in [0.1, 0.15) is 0 Å². The van der Waals surface area contributed by atoms with E-state index in [4.69, 9.17) is 0 Å². The van der Waals surface area contributed by atoms with E-state index in [9.17, 15) is 0 Å². The van der Waals surface area contributed by atoms with Crippen LogP contribution in [0.25, 0.3) is 0 Å². The van der Waals surface area contributed by atoms with Crippen LogP contribution in [0.2, 0.25) is 0 Å². The second-order valence-electron chi connectivity index (χ2n) is 3.72. The molecule has 0 spiro atoms. The molecular formula is C10H14Br2N2S. The van der Waals surface area contributed by atoms with Gasteiger partial charge in [0.15, 0.2) is 0 Å². The van der Waals surface area contributed by atoms with Crippen molar-refractivity contribution in [3.05, 3.63) is 19.2 Å². The maximum absolute atomic E-state index is 3.51. The van der Waals surface area contributed by atoms with E-state index in [1.807, 2.05) is 0 Å². The summed E-state index contributed by atoms with van der Waals surface area (Å²) in [5, 5.41) is 2.34. The number of rotatable bonds is 3. The van der Waals surface area contributed by atoms with Crippen LogP contribution < -0.4 is 5.43 Å². The summed E-state index contributed by atoms with van der Waals surface area (Å²) in [6.07, 6.45) is 4.03. The second kappa shape index (κ2) is 5.77. The molecule has 1 aliphatic heterocycles. The highest BCUT2D eigenvalue weighted by atomic mass is 79.9. The van der Waals surface area contributed by atoms with E-state index in [0.29, 0.717) is 0 Å². The Morgan fingerprint density at radius 1 is 1.27 bits per heavy atom. The smallest absolute Gasteiger partial charge is 0.0843 e. The predicted molar refractivity (Wildman–Crippen MR) is 72.0 cm³/mol. The van der Waals surface area contributed by atoms with Crippen molar-refractivity contribution in [2.45, 2.75) is 25.8 Å². The van der Waals surface area contributed by atoms with Gasteiger partial charge in [-0.05, 0) is 50.8 Å². The van der Waals surface area contributed by atoms with Crippen LogP contribution in [0.4, 0.5) is 0 Å². The van der Waals surface area contributed by atoms with Crippen molar-refractivity contribution in [1.29, 1.82) is 0 Å². The molecule has 0 bridgehead atoms. The number of hydrogen-bond acceptors (Lipinski definition) is 3. The molecule has 5 heteroatoms. The SMILES string of the molecule is Brc1cc(CNN2CCCCC2)sc1Br. The zero-order valence-corrected chi connectivity index (χ0v) is 12.4. The summed E-state index contributed by atoms with van der Waals surface area (Å²) in [5.74, 6) is 0. The topological polar surface area (TPSA) is 15.3 Å². The Labute approximate surface area is 111 Å². The molecule has 1 aromatic rings. The Bertz CT molecular complexity index is 302. The van der Waals surface area contributed by atoms with Crippen LogP contribution in [0, 0.1) is 0 Å². The average molecular weight is 354 g/mol. The van der Waals surface area contributed by atoms with Crippen molar-refractivity contribution in [3.8, 4) is 0 Å². The first-order chi connectivity index (χ1) is 7.25. The Hall–Kier alpha value is 0.580. The summed E-state index contributed by atoms with van der Waals surface area (Å²) >= 11 is 8.80. The van der Waals surface area contributed by atoms with Gasteiger partial charge in [-0.3, -0.25) is 0 Å². The molecule has 0 unspecified atom stereocenters. The molecule has 1 aliphatic rings. The van der Waals surface area contributed by atoms with Crippen molar-refractivity contribution < 1.29 is 0 Å². The van der Waals surface area contributed by atoms with Gasteiger partial charge in [0, 0.05) is 29.0 Å². The molecule has 2 nitrogen and oxygen atoms in total. The predicted octanol–water partition coefficient (Wildman–Crippen LogP) is 3.76. The van der Waals surface area contributed by atoms with E-state index >= 15 is 0 Å². The standard InChI is InChI=1S/C10H14Br2N2S/c11-9-6-8(15-10(9)12)7-13-14-4-2-1-3-5-14/h6,13H,1-5,7H2. The Kier molecular flexibility index (Phi) is 4.64. The van der Waals surface area contributed by atoms with Crippen LogP contribution in [0.3, 0.4) is 0 Å². The van der Waals surface area contributed by atoms with Gasteiger partial charge in [-0.15, -0.1) is 11.3 Å². The maximum Gasteiger partial charge on any atom is 0.0843 e. The van der Waals surface area contributed by atoms with Crippen LogP contribution in [0.5, 0.6) is 0 Å². The van der Waals surface area contributed by atoms with Gasteiger partial charge in [-0.1, -0.05) is 6.42 Å². The summed E-state index contributed by atoms with van der Waals surface area (Å²) < 4.78 is 2.33. The minimum Gasteiger partial charge on any atom is -0.250 e. The Morgan fingerprint density at radius 2 is 2.00 bits per heavy atom. The number of thiophene rings is 1.